The number of hydrogen-bond acceptors (Lipinski definition) is 2. The van der Waals surface area contributed by atoms with Gasteiger partial charge in [-0.3, -0.25) is 5.10 Å². The third-order valence-corrected chi connectivity index (χ3v) is 1.80. The lowest BCUT2D eigenvalue weighted by Gasteiger charge is -1.97. The van der Waals surface area contributed by atoms with Crippen molar-refractivity contribution in [1.29, 1.82) is 0 Å². The molecule has 66 valence electrons. The van der Waals surface area contributed by atoms with Gasteiger partial charge in [0.1, 0.15) is 11.6 Å². The molecule has 0 amide bonds. The average molecular weight is 177 g/mol. The number of nitrogen functional groups attached to an aromatic ring is 1. The van der Waals surface area contributed by atoms with E-state index in [0.717, 1.165) is 11.1 Å². The van der Waals surface area contributed by atoms with Crippen LogP contribution in [0, 0.1) is 5.82 Å². The molecular weight excluding hydrogens is 169 g/mol. The van der Waals surface area contributed by atoms with Crippen molar-refractivity contribution in [3.05, 3.63) is 36.3 Å². The van der Waals surface area contributed by atoms with Crippen LogP contribution in [0.15, 0.2) is 30.5 Å². The molecule has 4 heteroatoms. The van der Waals surface area contributed by atoms with Gasteiger partial charge in [0.15, 0.2) is 0 Å². The van der Waals surface area contributed by atoms with Crippen LogP contribution in [0.5, 0.6) is 0 Å². The maximum absolute atomic E-state index is 12.8. The third kappa shape index (κ3) is 1.38. The van der Waals surface area contributed by atoms with E-state index >= 15 is 0 Å². The highest BCUT2D eigenvalue weighted by Gasteiger charge is 2.04. The third-order valence-electron chi connectivity index (χ3n) is 1.80. The number of anilines is 1. The second-order valence-electron chi connectivity index (χ2n) is 2.71. The number of hydrogen-bond donors (Lipinski definition) is 2. The highest BCUT2D eigenvalue weighted by Crippen LogP contribution is 2.23. The monoisotopic (exact) mass is 177 g/mol. The average Bonchev–Trinajstić information content (AvgIpc) is 2.51. The van der Waals surface area contributed by atoms with Gasteiger partial charge in [0, 0.05) is 5.56 Å². The van der Waals surface area contributed by atoms with Crippen molar-refractivity contribution in [3.63, 3.8) is 0 Å². The molecule has 1 heterocycles. The van der Waals surface area contributed by atoms with E-state index in [4.69, 9.17) is 5.73 Å². The normalized spacial score (nSPS) is 10.2. The molecule has 0 fully saturated rings. The summed E-state index contributed by atoms with van der Waals surface area (Å²) >= 11 is 0. The van der Waals surface area contributed by atoms with Gasteiger partial charge in [-0.1, -0.05) is 12.1 Å². The van der Waals surface area contributed by atoms with E-state index < -0.39 is 0 Å². The van der Waals surface area contributed by atoms with Crippen molar-refractivity contribution < 1.29 is 4.39 Å². The Bertz CT molecular complexity index is 422. The summed E-state index contributed by atoms with van der Waals surface area (Å²) in [5, 5.41) is 6.35. The summed E-state index contributed by atoms with van der Waals surface area (Å²) in [4.78, 5) is 0. The molecule has 3 nitrogen and oxygen atoms in total. The summed E-state index contributed by atoms with van der Waals surface area (Å²) in [5.74, 6) is 0.170. The van der Waals surface area contributed by atoms with Gasteiger partial charge in [0.25, 0.3) is 0 Å². The van der Waals surface area contributed by atoms with Crippen molar-refractivity contribution in [3.8, 4) is 11.1 Å². The van der Waals surface area contributed by atoms with Crippen molar-refractivity contribution >= 4 is 5.82 Å². The Morgan fingerprint density at radius 2 is 2.23 bits per heavy atom. The van der Waals surface area contributed by atoms with Crippen LogP contribution in [0.3, 0.4) is 0 Å². The molecule has 0 aliphatic heterocycles. The first-order valence-corrected chi connectivity index (χ1v) is 3.82. The lowest BCUT2D eigenvalue weighted by Crippen LogP contribution is -1.87. The second-order valence-corrected chi connectivity index (χ2v) is 2.71. The smallest absolute Gasteiger partial charge is 0.126 e. The van der Waals surface area contributed by atoms with E-state index in [1.807, 2.05) is 0 Å². The molecule has 2 rings (SSSR count). The number of nitrogens with one attached hydrogen (secondary N) is 1. The lowest BCUT2D eigenvalue weighted by molar-refractivity contribution is 0.628. The van der Waals surface area contributed by atoms with Gasteiger partial charge in [-0.05, 0) is 17.7 Å². The van der Waals surface area contributed by atoms with E-state index in [0.29, 0.717) is 5.82 Å². The van der Waals surface area contributed by atoms with Crippen LogP contribution in [0.4, 0.5) is 10.2 Å². The molecule has 0 spiro atoms. The fraction of sp³-hybridized carbons (Fsp3) is 0. The van der Waals surface area contributed by atoms with Crippen LogP contribution < -0.4 is 5.73 Å². The number of nitrogens with two attached hydrogens (primary N) is 1. The lowest BCUT2D eigenvalue weighted by atomic mass is 10.1. The number of H-pyrrole nitrogens is 1. The largest absolute Gasteiger partial charge is 0.384 e. The summed E-state index contributed by atoms with van der Waals surface area (Å²) in [6, 6.07) is 6.22. The number of aromatic amines is 1. The first kappa shape index (κ1) is 7.79. The summed E-state index contributed by atoms with van der Waals surface area (Å²) in [6.07, 6.45) is 1.57. The van der Waals surface area contributed by atoms with Crippen LogP contribution in [0.25, 0.3) is 11.1 Å². The molecule has 2 aromatic rings. The summed E-state index contributed by atoms with van der Waals surface area (Å²) < 4.78 is 12.8. The van der Waals surface area contributed by atoms with Crippen LogP contribution in [0.2, 0.25) is 0 Å². The van der Waals surface area contributed by atoms with Crippen LogP contribution in [-0.2, 0) is 0 Å². The molecule has 0 aliphatic rings. The highest BCUT2D eigenvalue weighted by molar-refractivity contribution is 5.72. The second kappa shape index (κ2) is 2.90. The molecule has 0 atom stereocenters. The summed E-state index contributed by atoms with van der Waals surface area (Å²) in [7, 11) is 0. The molecule has 0 aliphatic carbocycles. The number of aromatic nitrogens is 2. The van der Waals surface area contributed by atoms with Crippen LogP contribution >= 0.6 is 0 Å². The summed E-state index contributed by atoms with van der Waals surface area (Å²) in [5.41, 5.74) is 7.03. The minimum atomic E-state index is -0.280. The zero-order valence-electron chi connectivity index (χ0n) is 6.79. The molecule has 1 aromatic heterocycles. The first-order chi connectivity index (χ1) is 6.27. The Morgan fingerprint density at radius 1 is 1.38 bits per heavy atom. The molecule has 0 saturated carbocycles. The Morgan fingerprint density at radius 3 is 2.85 bits per heavy atom. The van der Waals surface area contributed by atoms with Gasteiger partial charge >= 0.3 is 0 Å². The molecule has 0 bridgehead atoms. The minimum Gasteiger partial charge on any atom is -0.384 e. The molecule has 0 unspecified atom stereocenters. The van der Waals surface area contributed by atoms with E-state index in [2.05, 4.69) is 10.2 Å². The molecule has 3 N–H and O–H groups in total. The van der Waals surface area contributed by atoms with Gasteiger partial charge in [0.2, 0.25) is 0 Å². The summed E-state index contributed by atoms with van der Waals surface area (Å²) in [6.45, 7) is 0. The molecule has 0 radical (unpaired) electrons. The van der Waals surface area contributed by atoms with Crippen molar-refractivity contribution in [1.82, 2.24) is 10.2 Å². The quantitative estimate of drug-likeness (QED) is 0.697. The minimum absolute atomic E-state index is 0.280. The molecule has 0 saturated heterocycles. The van der Waals surface area contributed by atoms with Crippen LogP contribution in [0.1, 0.15) is 0 Å². The highest BCUT2D eigenvalue weighted by atomic mass is 19.1. The van der Waals surface area contributed by atoms with Gasteiger partial charge in [-0.15, -0.1) is 0 Å². The maximum Gasteiger partial charge on any atom is 0.126 e. The Labute approximate surface area is 74.4 Å². The number of rotatable bonds is 1. The van der Waals surface area contributed by atoms with Gasteiger partial charge in [0.05, 0.1) is 6.20 Å². The maximum atomic E-state index is 12.8. The van der Waals surface area contributed by atoms with Crippen molar-refractivity contribution in [2.45, 2.75) is 0 Å². The fourth-order valence-electron chi connectivity index (χ4n) is 1.18. The van der Waals surface area contributed by atoms with E-state index in [-0.39, 0.29) is 5.82 Å². The van der Waals surface area contributed by atoms with Gasteiger partial charge < -0.3 is 5.73 Å². The van der Waals surface area contributed by atoms with Gasteiger partial charge in [-0.25, -0.2) is 4.39 Å². The Balaban J connectivity index is 2.53. The van der Waals surface area contributed by atoms with E-state index in [1.165, 1.54) is 12.1 Å². The van der Waals surface area contributed by atoms with Crippen LogP contribution in [-0.4, -0.2) is 10.2 Å². The molecular formula is C9H8FN3. The number of halogens is 1. The van der Waals surface area contributed by atoms with E-state index in [1.54, 1.807) is 18.3 Å². The zero-order chi connectivity index (χ0) is 9.26. The first-order valence-electron chi connectivity index (χ1n) is 3.82. The van der Waals surface area contributed by atoms with Gasteiger partial charge in [-0.2, -0.15) is 5.10 Å². The Kier molecular flexibility index (Phi) is 1.73. The SMILES string of the molecule is Nc1[nH]ncc1-c1cccc(F)c1. The molecule has 1 aromatic carbocycles. The number of benzene rings is 1. The van der Waals surface area contributed by atoms with Crippen molar-refractivity contribution in [2.24, 2.45) is 0 Å². The predicted molar refractivity (Wildman–Crippen MR) is 48.4 cm³/mol. The van der Waals surface area contributed by atoms with Crippen molar-refractivity contribution in [2.75, 3.05) is 5.73 Å². The van der Waals surface area contributed by atoms with E-state index in [9.17, 15) is 4.39 Å². The zero-order valence-corrected chi connectivity index (χ0v) is 6.79. The predicted octanol–water partition coefficient (Wildman–Crippen LogP) is 1.80. The standard InChI is InChI=1S/C9H8FN3/c10-7-3-1-2-6(4-7)8-5-12-13-9(8)11/h1-5H,(H3,11,12,13). The number of nitrogens with zero attached hydrogens (tertiary/aromatic N) is 1. The fourth-order valence-corrected chi connectivity index (χ4v) is 1.18. The Hall–Kier alpha value is -1.84. The topological polar surface area (TPSA) is 54.7 Å². The molecule has 13 heavy (non-hydrogen) atoms.